The topological polar surface area (TPSA) is 57.6 Å². The average Bonchev–Trinajstić information content (AvgIpc) is 2.99. The molecular weight excluding hydrogens is 369 g/mol. The lowest BCUT2D eigenvalue weighted by Gasteiger charge is -2.25. The number of ketones is 1. The van der Waals surface area contributed by atoms with Gasteiger partial charge in [-0.25, -0.2) is 4.39 Å². The molecule has 1 heterocycles. The van der Waals surface area contributed by atoms with Gasteiger partial charge in [0.15, 0.2) is 0 Å². The van der Waals surface area contributed by atoms with Crippen molar-refractivity contribution in [1.82, 2.24) is 0 Å². The SMILES string of the molecule is Cc1cccc(N2C(=O)C(=O)C(=C(O)c3ccccc3)[C@@H]2c2cccc(F)c2)c1. The summed E-state index contributed by atoms with van der Waals surface area (Å²) in [6.07, 6.45) is 0. The number of amides is 1. The molecule has 1 aliphatic rings. The van der Waals surface area contributed by atoms with Gasteiger partial charge in [0.1, 0.15) is 11.6 Å². The van der Waals surface area contributed by atoms with Gasteiger partial charge in [-0.3, -0.25) is 14.5 Å². The normalized spacial score (nSPS) is 18.3. The van der Waals surface area contributed by atoms with Crippen LogP contribution in [0.5, 0.6) is 0 Å². The molecule has 3 aromatic carbocycles. The van der Waals surface area contributed by atoms with Crippen LogP contribution in [0.15, 0.2) is 84.4 Å². The molecule has 5 heteroatoms. The van der Waals surface area contributed by atoms with Gasteiger partial charge in [-0.1, -0.05) is 54.6 Å². The van der Waals surface area contributed by atoms with Crippen LogP contribution in [0.2, 0.25) is 0 Å². The average molecular weight is 387 g/mol. The summed E-state index contributed by atoms with van der Waals surface area (Å²) in [5, 5.41) is 10.9. The number of aryl methyl sites for hydroxylation is 1. The zero-order chi connectivity index (χ0) is 20.5. The van der Waals surface area contributed by atoms with Gasteiger partial charge in [-0.15, -0.1) is 0 Å². The van der Waals surface area contributed by atoms with Crippen LogP contribution in [0.25, 0.3) is 5.76 Å². The minimum Gasteiger partial charge on any atom is -0.507 e. The Hall–Kier alpha value is -3.73. The van der Waals surface area contributed by atoms with E-state index in [0.717, 1.165) is 5.56 Å². The molecule has 0 saturated carbocycles. The number of aliphatic hydroxyl groups is 1. The number of benzene rings is 3. The van der Waals surface area contributed by atoms with Crippen molar-refractivity contribution >= 4 is 23.1 Å². The van der Waals surface area contributed by atoms with E-state index in [1.165, 1.54) is 23.1 Å². The molecule has 1 saturated heterocycles. The third kappa shape index (κ3) is 3.31. The quantitative estimate of drug-likeness (QED) is 0.400. The number of hydrogen-bond acceptors (Lipinski definition) is 3. The van der Waals surface area contributed by atoms with Crippen LogP contribution in [0.3, 0.4) is 0 Å². The highest BCUT2D eigenvalue weighted by Crippen LogP contribution is 2.42. The molecule has 1 atom stereocenters. The summed E-state index contributed by atoms with van der Waals surface area (Å²) >= 11 is 0. The van der Waals surface area contributed by atoms with Gasteiger partial charge in [-0.05, 0) is 42.3 Å². The Balaban J connectivity index is 1.97. The Morgan fingerprint density at radius 1 is 0.931 bits per heavy atom. The molecule has 0 aromatic heterocycles. The second kappa shape index (κ2) is 7.36. The van der Waals surface area contributed by atoms with Crippen molar-refractivity contribution in [2.45, 2.75) is 13.0 Å². The Morgan fingerprint density at radius 3 is 2.34 bits per heavy atom. The molecule has 4 nitrogen and oxygen atoms in total. The first-order valence-corrected chi connectivity index (χ1v) is 9.16. The first-order valence-electron chi connectivity index (χ1n) is 9.16. The van der Waals surface area contributed by atoms with E-state index in [1.807, 2.05) is 13.0 Å². The van der Waals surface area contributed by atoms with E-state index in [0.29, 0.717) is 16.8 Å². The molecule has 0 unspecified atom stereocenters. The van der Waals surface area contributed by atoms with Crippen molar-refractivity contribution in [3.8, 4) is 0 Å². The highest BCUT2D eigenvalue weighted by atomic mass is 19.1. The lowest BCUT2D eigenvalue weighted by molar-refractivity contribution is -0.132. The molecule has 1 fully saturated rings. The van der Waals surface area contributed by atoms with Crippen LogP contribution in [0.1, 0.15) is 22.7 Å². The molecule has 0 spiro atoms. The molecule has 3 aromatic rings. The smallest absolute Gasteiger partial charge is 0.300 e. The summed E-state index contributed by atoms with van der Waals surface area (Å²) in [5.74, 6) is -2.34. The van der Waals surface area contributed by atoms with Crippen LogP contribution in [0, 0.1) is 12.7 Å². The highest BCUT2D eigenvalue weighted by molar-refractivity contribution is 6.51. The summed E-state index contributed by atoms with van der Waals surface area (Å²) in [5.41, 5.74) is 2.17. The van der Waals surface area contributed by atoms with E-state index in [9.17, 15) is 19.1 Å². The molecule has 0 aliphatic carbocycles. The van der Waals surface area contributed by atoms with Gasteiger partial charge in [0.25, 0.3) is 11.7 Å². The van der Waals surface area contributed by atoms with E-state index >= 15 is 0 Å². The molecule has 1 aliphatic heterocycles. The summed E-state index contributed by atoms with van der Waals surface area (Å²) in [6.45, 7) is 1.88. The van der Waals surface area contributed by atoms with Crippen LogP contribution in [-0.4, -0.2) is 16.8 Å². The summed E-state index contributed by atoms with van der Waals surface area (Å²) < 4.78 is 14.0. The minimum atomic E-state index is -0.937. The minimum absolute atomic E-state index is 0.0618. The number of anilines is 1. The maximum absolute atomic E-state index is 14.0. The predicted molar refractivity (Wildman–Crippen MR) is 109 cm³/mol. The Bertz CT molecular complexity index is 1140. The standard InChI is InChI=1S/C24H18FNO3/c1-15-7-5-12-19(13-15)26-21(17-10-6-11-18(25)14-17)20(23(28)24(26)29)22(27)16-8-3-2-4-9-16/h2-14,21,27H,1H3/t21-/m0/s1. The third-order valence-electron chi connectivity index (χ3n) is 4.94. The maximum atomic E-state index is 14.0. The van der Waals surface area contributed by atoms with Crippen molar-refractivity contribution in [2.75, 3.05) is 4.90 Å². The highest BCUT2D eigenvalue weighted by Gasteiger charge is 2.47. The number of aliphatic hydroxyl groups excluding tert-OH is 1. The number of rotatable bonds is 3. The number of halogens is 1. The van der Waals surface area contributed by atoms with Crippen LogP contribution >= 0.6 is 0 Å². The van der Waals surface area contributed by atoms with Gasteiger partial charge < -0.3 is 5.11 Å². The van der Waals surface area contributed by atoms with E-state index in [1.54, 1.807) is 54.6 Å². The molecule has 29 heavy (non-hydrogen) atoms. The van der Waals surface area contributed by atoms with E-state index in [4.69, 9.17) is 0 Å². The van der Waals surface area contributed by atoms with E-state index in [-0.39, 0.29) is 11.3 Å². The number of hydrogen-bond donors (Lipinski definition) is 1. The molecule has 0 radical (unpaired) electrons. The third-order valence-corrected chi connectivity index (χ3v) is 4.94. The lowest BCUT2D eigenvalue weighted by Crippen LogP contribution is -2.29. The fourth-order valence-electron chi connectivity index (χ4n) is 3.62. The summed E-state index contributed by atoms with van der Waals surface area (Å²) in [6, 6.07) is 20.5. The second-order valence-electron chi connectivity index (χ2n) is 6.93. The van der Waals surface area contributed by atoms with Gasteiger partial charge >= 0.3 is 0 Å². The first-order chi connectivity index (χ1) is 14.0. The molecule has 1 amide bonds. The zero-order valence-electron chi connectivity index (χ0n) is 15.7. The van der Waals surface area contributed by atoms with Crippen molar-refractivity contribution in [1.29, 1.82) is 0 Å². The Morgan fingerprint density at radius 2 is 1.66 bits per heavy atom. The Labute approximate surface area is 167 Å². The van der Waals surface area contributed by atoms with Crippen molar-refractivity contribution in [3.63, 3.8) is 0 Å². The maximum Gasteiger partial charge on any atom is 0.300 e. The monoisotopic (exact) mass is 387 g/mol. The summed E-state index contributed by atoms with van der Waals surface area (Å²) in [7, 11) is 0. The fraction of sp³-hybridized carbons (Fsp3) is 0.0833. The number of carbonyl (C=O) groups excluding carboxylic acids is 2. The van der Waals surface area contributed by atoms with Crippen LogP contribution in [0.4, 0.5) is 10.1 Å². The lowest BCUT2D eigenvalue weighted by atomic mass is 9.95. The molecule has 0 bridgehead atoms. The fourth-order valence-corrected chi connectivity index (χ4v) is 3.62. The van der Waals surface area contributed by atoms with Crippen molar-refractivity contribution in [3.05, 3.63) is 107 Å². The van der Waals surface area contributed by atoms with Crippen molar-refractivity contribution in [2.24, 2.45) is 0 Å². The van der Waals surface area contributed by atoms with Crippen LogP contribution in [-0.2, 0) is 9.59 Å². The zero-order valence-corrected chi connectivity index (χ0v) is 15.7. The Kier molecular flexibility index (Phi) is 4.72. The largest absolute Gasteiger partial charge is 0.507 e. The van der Waals surface area contributed by atoms with Gasteiger partial charge in [0, 0.05) is 11.3 Å². The molecule has 1 N–H and O–H groups in total. The molecule has 4 rings (SSSR count). The number of nitrogens with zero attached hydrogens (tertiary/aromatic N) is 1. The second-order valence-corrected chi connectivity index (χ2v) is 6.93. The van der Waals surface area contributed by atoms with Crippen molar-refractivity contribution < 1.29 is 19.1 Å². The predicted octanol–water partition coefficient (Wildman–Crippen LogP) is 4.76. The number of Topliss-reactive ketones (excluding diaryl/α,β-unsaturated/α-hetero) is 1. The van der Waals surface area contributed by atoms with Gasteiger partial charge in [0.2, 0.25) is 0 Å². The van der Waals surface area contributed by atoms with Gasteiger partial charge in [-0.2, -0.15) is 0 Å². The summed E-state index contributed by atoms with van der Waals surface area (Å²) in [4.78, 5) is 27.2. The van der Waals surface area contributed by atoms with E-state index in [2.05, 4.69) is 0 Å². The molecular formula is C24H18FNO3. The number of carbonyl (C=O) groups is 2. The molecule has 144 valence electrons. The van der Waals surface area contributed by atoms with Crippen LogP contribution < -0.4 is 4.90 Å². The van der Waals surface area contributed by atoms with E-state index < -0.39 is 23.5 Å². The van der Waals surface area contributed by atoms with Gasteiger partial charge in [0.05, 0.1) is 11.6 Å². The first kappa shape index (κ1) is 18.6.